The number of halogens is 1. The van der Waals surface area contributed by atoms with Gasteiger partial charge in [-0.15, -0.1) is 0 Å². The van der Waals surface area contributed by atoms with Crippen molar-refractivity contribution in [3.05, 3.63) is 28.7 Å². The minimum atomic E-state index is -0.580. The molecule has 1 aromatic carbocycles. The van der Waals surface area contributed by atoms with Crippen LogP contribution in [0.15, 0.2) is 28.7 Å². The Hall–Kier alpha value is -0.620. The number of hydrogen-bond donors (Lipinski definition) is 3. The summed E-state index contributed by atoms with van der Waals surface area (Å²) in [5, 5.41) is 23.3. The Balaban J connectivity index is 1.69. The van der Waals surface area contributed by atoms with Crippen LogP contribution in [0.3, 0.4) is 0 Å². The topological polar surface area (TPSA) is 61.7 Å². The van der Waals surface area contributed by atoms with Crippen LogP contribution in [0.2, 0.25) is 0 Å². The van der Waals surface area contributed by atoms with E-state index in [9.17, 15) is 10.2 Å². The lowest BCUT2D eigenvalue weighted by atomic mass is 10.1. The van der Waals surface area contributed by atoms with Gasteiger partial charge in [0, 0.05) is 17.1 Å². The molecule has 1 aliphatic rings. The summed E-state index contributed by atoms with van der Waals surface area (Å²) < 4.78 is 6.54. The van der Waals surface area contributed by atoms with Crippen LogP contribution < -0.4 is 10.1 Å². The summed E-state index contributed by atoms with van der Waals surface area (Å²) in [5.41, 5.74) is 0. The van der Waals surface area contributed by atoms with Gasteiger partial charge >= 0.3 is 0 Å². The highest BCUT2D eigenvalue weighted by atomic mass is 79.9. The third-order valence-electron chi connectivity index (χ3n) is 3.85. The fourth-order valence-corrected chi connectivity index (χ4v) is 2.86. The van der Waals surface area contributed by atoms with Crippen LogP contribution in [-0.2, 0) is 0 Å². The molecule has 0 bridgehead atoms. The number of aliphatic hydroxyl groups excluding tert-OH is 2. The van der Waals surface area contributed by atoms with Crippen molar-refractivity contribution in [2.45, 2.75) is 50.4 Å². The number of benzene rings is 1. The summed E-state index contributed by atoms with van der Waals surface area (Å²) in [4.78, 5) is 0. The Bertz CT molecular complexity index is 412. The molecule has 1 aliphatic carbocycles. The molecule has 1 saturated carbocycles. The first-order valence-electron chi connectivity index (χ1n) is 7.63. The number of nitrogens with one attached hydrogen (secondary N) is 1. The summed E-state index contributed by atoms with van der Waals surface area (Å²) in [7, 11) is 0. The molecular formula is C16H24BrNO3. The number of aliphatic hydroxyl groups is 2. The molecule has 0 heterocycles. The summed E-state index contributed by atoms with van der Waals surface area (Å²) in [6, 6.07) is 7.62. The second-order valence-electron chi connectivity index (χ2n) is 5.64. The lowest BCUT2D eigenvalue weighted by molar-refractivity contribution is 0.0820. The third kappa shape index (κ3) is 5.94. The van der Waals surface area contributed by atoms with E-state index < -0.39 is 6.10 Å². The zero-order valence-electron chi connectivity index (χ0n) is 12.2. The highest BCUT2D eigenvalue weighted by Crippen LogP contribution is 2.18. The first-order chi connectivity index (χ1) is 10.1. The van der Waals surface area contributed by atoms with Crippen molar-refractivity contribution in [1.82, 2.24) is 5.32 Å². The zero-order valence-corrected chi connectivity index (χ0v) is 13.8. The van der Waals surface area contributed by atoms with E-state index in [1.807, 2.05) is 24.3 Å². The molecule has 5 heteroatoms. The summed E-state index contributed by atoms with van der Waals surface area (Å²) in [6.45, 7) is 0.690. The highest BCUT2D eigenvalue weighted by molar-refractivity contribution is 9.10. The van der Waals surface area contributed by atoms with Crippen LogP contribution >= 0.6 is 15.9 Å². The minimum Gasteiger partial charge on any atom is -0.491 e. The predicted octanol–water partition coefficient (Wildman–Crippen LogP) is 2.47. The molecule has 1 aromatic rings. The van der Waals surface area contributed by atoms with Gasteiger partial charge in [0.25, 0.3) is 0 Å². The quantitative estimate of drug-likeness (QED) is 0.684. The Morgan fingerprint density at radius 3 is 2.67 bits per heavy atom. The Morgan fingerprint density at radius 2 is 1.90 bits per heavy atom. The van der Waals surface area contributed by atoms with E-state index in [1.54, 1.807) is 0 Å². The SMILES string of the molecule is OC(CNC1CCCCCC1O)COc1ccc(Br)cc1. The molecule has 1 fully saturated rings. The first-order valence-corrected chi connectivity index (χ1v) is 8.42. The summed E-state index contributed by atoms with van der Waals surface area (Å²) >= 11 is 3.37. The van der Waals surface area contributed by atoms with Crippen molar-refractivity contribution >= 4 is 15.9 Å². The maximum Gasteiger partial charge on any atom is 0.119 e. The van der Waals surface area contributed by atoms with Crippen molar-refractivity contribution in [3.63, 3.8) is 0 Å². The molecule has 0 radical (unpaired) electrons. The highest BCUT2D eigenvalue weighted by Gasteiger charge is 2.21. The van der Waals surface area contributed by atoms with Gasteiger partial charge in [0.1, 0.15) is 18.5 Å². The van der Waals surface area contributed by atoms with Gasteiger partial charge < -0.3 is 20.3 Å². The number of ether oxygens (including phenoxy) is 1. The van der Waals surface area contributed by atoms with Crippen LogP contribution in [0.4, 0.5) is 0 Å². The van der Waals surface area contributed by atoms with Crippen molar-refractivity contribution in [3.8, 4) is 5.75 Å². The predicted molar refractivity (Wildman–Crippen MR) is 86.5 cm³/mol. The van der Waals surface area contributed by atoms with E-state index in [0.717, 1.165) is 35.9 Å². The van der Waals surface area contributed by atoms with Crippen LogP contribution in [0, 0.1) is 0 Å². The molecule has 2 rings (SSSR count). The molecule has 3 unspecified atom stereocenters. The van der Waals surface area contributed by atoms with E-state index in [4.69, 9.17) is 4.74 Å². The largest absolute Gasteiger partial charge is 0.491 e. The zero-order chi connectivity index (χ0) is 15.1. The molecule has 0 saturated heterocycles. The number of hydrogen-bond acceptors (Lipinski definition) is 4. The van der Waals surface area contributed by atoms with Crippen LogP contribution in [0.1, 0.15) is 32.1 Å². The van der Waals surface area contributed by atoms with Gasteiger partial charge in [-0.2, -0.15) is 0 Å². The van der Waals surface area contributed by atoms with E-state index in [1.165, 1.54) is 6.42 Å². The molecule has 0 aromatic heterocycles. The van der Waals surface area contributed by atoms with Crippen LogP contribution in [0.25, 0.3) is 0 Å². The normalized spacial score (nSPS) is 24.3. The maximum atomic E-state index is 10.0. The van der Waals surface area contributed by atoms with Crippen molar-refractivity contribution in [2.75, 3.05) is 13.2 Å². The molecule has 4 nitrogen and oxygen atoms in total. The average molecular weight is 358 g/mol. The Kier molecular flexibility index (Phi) is 6.96. The maximum absolute atomic E-state index is 10.0. The third-order valence-corrected chi connectivity index (χ3v) is 4.38. The fourth-order valence-electron chi connectivity index (χ4n) is 2.60. The molecule has 0 amide bonds. The molecule has 21 heavy (non-hydrogen) atoms. The summed E-state index contributed by atoms with van der Waals surface area (Å²) in [6.07, 6.45) is 4.36. The Labute approximate surface area is 134 Å². The van der Waals surface area contributed by atoms with Gasteiger partial charge in [0.15, 0.2) is 0 Å². The van der Waals surface area contributed by atoms with Gasteiger partial charge in [-0.3, -0.25) is 0 Å². The average Bonchev–Trinajstić information content (AvgIpc) is 2.69. The standard InChI is InChI=1S/C16H24BrNO3/c17-12-6-8-14(9-7-12)21-11-13(19)10-18-15-4-2-1-3-5-16(15)20/h6-9,13,15-16,18-20H,1-5,10-11H2. The first kappa shape index (κ1) is 16.7. The molecule has 3 atom stereocenters. The van der Waals surface area contributed by atoms with Crippen LogP contribution in [-0.4, -0.2) is 41.6 Å². The van der Waals surface area contributed by atoms with Crippen molar-refractivity contribution in [2.24, 2.45) is 0 Å². The van der Waals surface area contributed by atoms with Gasteiger partial charge in [0.2, 0.25) is 0 Å². The molecular weight excluding hydrogens is 334 g/mol. The van der Waals surface area contributed by atoms with Crippen LogP contribution in [0.5, 0.6) is 5.75 Å². The molecule has 0 spiro atoms. The van der Waals surface area contributed by atoms with Gasteiger partial charge in [-0.25, -0.2) is 0 Å². The van der Waals surface area contributed by atoms with Gasteiger partial charge in [-0.1, -0.05) is 35.2 Å². The van der Waals surface area contributed by atoms with E-state index in [0.29, 0.717) is 6.54 Å². The smallest absolute Gasteiger partial charge is 0.119 e. The lowest BCUT2D eigenvalue weighted by Gasteiger charge is -2.23. The van der Waals surface area contributed by atoms with Crippen molar-refractivity contribution < 1.29 is 14.9 Å². The van der Waals surface area contributed by atoms with Gasteiger partial charge in [-0.05, 0) is 37.1 Å². The van der Waals surface area contributed by atoms with E-state index in [-0.39, 0.29) is 18.8 Å². The minimum absolute atomic E-state index is 0.0924. The second-order valence-corrected chi connectivity index (χ2v) is 6.55. The van der Waals surface area contributed by atoms with E-state index in [2.05, 4.69) is 21.2 Å². The fraction of sp³-hybridized carbons (Fsp3) is 0.625. The lowest BCUT2D eigenvalue weighted by Crippen LogP contribution is -2.43. The Morgan fingerprint density at radius 1 is 1.19 bits per heavy atom. The molecule has 118 valence electrons. The second kappa shape index (κ2) is 8.73. The van der Waals surface area contributed by atoms with Gasteiger partial charge in [0.05, 0.1) is 6.10 Å². The monoisotopic (exact) mass is 357 g/mol. The molecule has 3 N–H and O–H groups in total. The number of rotatable bonds is 6. The molecule has 0 aliphatic heterocycles. The van der Waals surface area contributed by atoms with Crippen molar-refractivity contribution in [1.29, 1.82) is 0 Å². The summed E-state index contributed by atoms with van der Waals surface area (Å²) in [5.74, 6) is 0.742. The van der Waals surface area contributed by atoms with E-state index >= 15 is 0 Å².